The number of thioether (sulfide) groups is 1. The number of hydrogen-bond acceptors (Lipinski definition) is 3. The van der Waals surface area contributed by atoms with E-state index in [1.807, 2.05) is 18.2 Å². The Balaban J connectivity index is 2.81. The Kier molecular flexibility index (Phi) is 4.65. The second-order valence-electron chi connectivity index (χ2n) is 3.67. The molecule has 0 saturated carbocycles. The third kappa shape index (κ3) is 3.57. The number of carbonyl (C=O) groups excluding carboxylic acids is 1. The fourth-order valence-corrected chi connectivity index (χ4v) is 2.12. The zero-order valence-electron chi connectivity index (χ0n) is 8.99. The van der Waals surface area contributed by atoms with Crippen molar-refractivity contribution in [1.29, 1.82) is 0 Å². The summed E-state index contributed by atoms with van der Waals surface area (Å²) in [6.45, 7) is 4.30. The molecule has 3 N–H and O–H groups in total. The van der Waals surface area contributed by atoms with Crippen LogP contribution in [0.5, 0.6) is 0 Å². The molecule has 0 radical (unpaired) electrons. The number of carbonyl (C=O) groups is 1. The third-order valence-corrected chi connectivity index (χ3v) is 3.34. The van der Waals surface area contributed by atoms with Crippen molar-refractivity contribution in [2.24, 2.45) is 11.8 Å². The average Bonchev–Trinajstić information content (AvgIpc) is 2.25. The van der Waals surface area contributed by atoms with Gasteiger partial charge in [-0.3, -0.25) is 10.2 Å². The van der Waals surface area contributed by atoms with Crippen LogP contribution >= 0.6 is 11.8 Å². The van der Waals surface area contributed by atoms with Crippen molar-refractivity contribution in [3.05, 3.63) is 29.8 Å². The first kappa shape index (κ1) is 12.1. The van der Waals surface area contributed by atoms with E-state index in [4.69, 9.17) is 5.84 Å². The van der Waals surface area contributed by atoms with E-state index in [0.717, 1.165) is 10.6 Å². The van der Waals surface area contributed by atoms with E-state index in [9.17, 15) is 4.79 Å². The highest BCUT2D eigenvalue weighted by Crippen LogP contribution is 2.24. The standard InChI is InChI=1S/C11H16N2OS/c1-8(2)7-15-10-6-4-3-5-9(10)11(14)13-12/h3-6,8H,7,12H2,1-2H3,(H,13,14). The molecule has 0 saturated heterocycles. The molecule has 0 heterocycles. The van der Waals surface area contributed by atoms with Crippen molar-refractivity contribution < 1.29 is 4.79 Å². The predicted octanol–water partition coefficient (Wildman–Crippen LogP) is 2.04. The Labute approximate surface area is 94.4 Å². The minimum atomic E-state index is -0.234. The molecule has 0 aromatic heterocycles. The molecule has 1 rings (SSSR count). The molecule has 1 amide bonds. The van der Waals surface area contributed by atoms with Crippen molar-refractivity contribution in [1.82, 2.24) is 5.43 Å². The van der Waals surface area contributed by atoms with Gasteiger partial charge in [0.05, 0.1) is 5.56 Å². The van der Waals surface area contributed by atoms with Crippen LogP contribution in [0.1, 0.15) is 24.2 Å². The van der Waals surface area contributed by atoms with Crippen LogP contribution in [-0.2, 0) is 0 Å². The van der Waals surface area contributed by atoms with E-state index in [0.29, 0.717) is 11.5 Å². The first-order valence-electron chi connectivity index (χ1n) is 4.88. The maximum atomic E-state index is 11.4. The van der Waals surface area contributed by atoms with Gasteiger partial charge in [-0.1, -0.05) is 26.0 Å². The lowest BCUT2D eigenvalue weighted by molar-refractivity contribution is 0.0950. The summed E-state index contributed by atoms with van der Waals surface area (Å²) in [5.74, 6) is 6.48. The van der Waals surface area contributed by atoms with Gasteiger partial charge in [0.1, 0.15) is 0 Å². The van der Waals surface area contributed by atoms with Gasteiger partial charge >= 0.3 is 0 Å². The Bertz CT molecular complexity index is 339. The van der Waals surface area contributed by atoms with E-state index < -0.39 is 0 Å². The van der Waals surface area contributed by atoms with E-state index in [2.05, 4.69) is 19.3 Å². The van der Waals surface area contributed by atoms with Gasteiger partial charge in [0.15, 0.2) is 0 Å². The van der Waals surface area contributed by atoms with Crippen LogP contribution in [0, 0.1) is 5.92 Å². The fourth-order valence-electron chi connectivity index (χ4n) is 1.11. The summed E-state index contributed by atoms with van der Waals surface area (Å²) < 4.78 is 0. The smallest absolute Gasteiger partial charge is 0.266 e. The average molecular weight is 224 g/mol. The number of rotatable bonds is 4. The second-order valence-corrected chi connectivity index (χ2v) is 4.74. The minimum Gasteiger partial charge on any atom is -0.290 e. The van der Waals surface area contributed by atoms with Crippen molar-refractivity contribution >= 4 is 17.7 Å². The summed E-state index contributed by atoms with van der Waals surface area (Å²) in [6.07, 6.45) is 0. The molecule has 4 heteroatoms. The summed E-state index contributed by atoms with van der Waals surface area (Å²) in [5.41, 5.74) is 2.80. The van der Waals surface area contributed by atoms with E-state index in [1.54, 1.807) is 17.8 Å². The highest BCUT2D eigenvalue weighted by Gasteiger charge is 2.09. The van der Waals surface area contributed by atoms with Crippen LogP contribution in [0.2, 0.25) is 0 Å². The molecule has 0 bridgehead atoms. The summed E-state index contributed by atoms with van der Waals surface area (Å²) in [4.78, 5) is 12.4. The third-order valence-electron chi connectivity index (χ3n) is 1.83. The maximum absolute atomic E-state index is 11.4. The highest BCUT2D eigenvalue weighted by molar-refractivity contribution is 7.99. The van der Waals surface area contributed by atoms with Crippen molar-refractivity contribution in [2.45, 2.75) is 18.7 Å². The summed E-state index contributed by atoms with van der Waals surface area (Å²) in [5, 5.41) is 0. The molecule has 0 fully saturated rings. The van der Waals surface area contributed by atoms with E-state index >= 15 is 0 Å². The summed E-state index contributed by atoms with van der Waals surface area (Å²) in [6, 6.07) is 7.49. The molecule has 0 spiro atoms. The molecule has 0 aliphatic rings. The topological polar surface area (TPSA) is 55.1 Å². The Morgan fingerprint density at radius 3 is 2.73 bits per heavy atom. The first-order valence-corrected chi connectivity index (χ1v) is 5.86. The molecule has 0 aliphatic heterocycles. The number of benzene rings is 1. The minimum absolute atomic E-state index is 0.234. The first-order chi connectivity index (χ1) is 7.15. The monoisotopic (exact) mass is 224 g/mol. The number of nitrogens with one attached hydrogen (secondary N) is 1. The van der Waals surface area contributed by atoms with Gasteiger partial charge in [-0.15, -0.1) is 11.8 Å². The number of nitrogens with two attached hydrogens (primary N) is 1. The van der Waals surface area contributed by atoms with Gasteiger partial charge in [-0.25, -0.2) is 5.84 Å². The van der Waals surface area contributed by atoms with Gasteiger partial charge in [-0.2, -0.15) is 0 Å². The molecule has 1 aromatic carbocycles. The van der Waals surface area contributed by atoms with Crippen LogP contribution < -0.4 is 11.3 Å². The number of nitrogen functional groups attached to an aromatic ring is 1. The summed E-state index contributed by atoms with van der Waals surface area (Å²) in [7, 11) is 0. The quantitative estimate of drug-likeness (QED) is 0.356. The van der Waals surface area contributed by atoms with Gasteiger partial charge in [-0.05, 0) is 18.1 Å². The maximum Gasteiger partial charge on any atom is 0.266 e. The molecule has 1 aromatic rings. The van der Waals surface area contributed by atoms with Gasteiger partial charge < -0.3 is 0 Å². The Morgan fingerprint density at radius 2 is 2.13 bits per heavy atom. The Morgan fingerprint density at radius 1 is 1.47 bits per heavy atom. The zero-order valence-corrected chi connectivity index (χ0v) is 9.80. The van der Waals surface area contributed by atoms with Crippen LogP contribution in [0.4, 0.5) is 0 Å². The molecular formula is C11H16N2OS. The lowest BCUT2D eigenvalue weighted by Gasteiger charge is -2.08. The molecule has 0 aliphatic carbocycles. The van der Waals surface area contributed by atoms with Crippen LogP contribution in [0.25, 0.3) is 0 Å². The lowest BCUT2D eigenvalue weighted by Crippen LogP contribution is -2.30. The largest absolute Gasteiger partial charge is 0.290 e. The van der Waals surface area contributed by atoms with Crippen molar-refractivity contribution in [3.8, 4) is 0 Å². The molecule has 3 nitrogen and oxygen atoms in total. The van der Waals surface area contributed by atoms with Gasteiger partial charge in [0.2, 0.25) is 0 Å². The molecule has 0 atom stereocenters. The van der Waals surface area contributed by atoms with E-state index in [1.165, 1.54) is 0 Å². The molecular weight excluding hydrogens is 208 g/mol. The predicted molar refractivity (Wildman–Crippen MR) is 63.7 cm³/mol. The second kappa shape index (κ2) is 5.78. The normalized spacial score (nSPS) is 10.4. The highest BCUT2D eigenvalue weighted by atomic mass is 32.2. The summed E-state index contributed by atoms with van der Waals surface area (Å²) >= 11 is 1.68. The zero-order chi connectivity index (χ0) is 11.3. The lowest BCUT2D eigenvalue weighted by atomic mass is 10.2. The van der Waals surface area contributed by atoms with Crippen molar-refractivity contribution in [3.63, 3.8) is 0 Å². The fraction of sp³-hybridized carbons (Fsp3) is 0.364. The van der Waals surface area contributed by atoms with Crippen LogP contribution in [-0.4, -0.2) is 11.7 Å². The van der Waals surface area contributed by atoms with Crippen LogP contribution in [0.3, 0.4) is 0 Å². The molecule has 15 heavy (non-hydrogen) atoms. The van der Waals surface area contributed by atoms with Gasteiger partial charge in [0, 0.05) is 10.6 Å². The van der Waals surface area contributed by atoms with Gasteiger partial charge in [0.25, 0.3) is 5.91 Å². The Hall–Kier alpha value is -1.00. The van der Waals surface area contributed by atoms with Crippen molar-refractivity contribution in [2.75, 3.05) is 5.75 Å². The number of hydrogen-bond donors (Lipinski definition) is 2. The SMILES string of the molecule is CC(C)CSc1ccccc1C(=O)NN. The molecule has 82 valence electrons. The number of hydrazine groups is 1. The van der Waals surface area contributed by atoms with E-state index in [-0.39, 0.29) is 5.91 Å². The molecule has 0 unspecified atom stereocenters. The van der Waals surface area contributed by atoms with Crippen LogP contribution in [0.15, 0.2) is 29.2 Å². The number of amides is 1.